The van der Waals surface area contributed by atoms with E-state index in [0.717, 1.165) is 16.2 Å². The monoisotopic (exact) mass is 389 g/mol. The van der Waals surface area contributed by atoms with Gasteiger partial charge in [0.05, 0.1) is 16.6 Å². The van der Waals surface area contributed by atoms with Crippen molar-refractivity contribution < 1.29 is 13.2 Å². The van der Waals surface area contributed by atoms with E-state index in [9.17, 15) is 13.2 Å². The van der Waals surface area contributed by atoms with Gasteiger partial charge in [0.1, 0.15) is 0 Å². The van der Waals surface area contributed by atoms with Crippen LogP contribution in [0.15, 0.2) is 59.5 Å². The highest BCUT2D eigenvalue weighted by Gasteiger charge is 2.33. The standard InChI is InChI=1S/C20H23NO3S2/c1-2-25-18-11-7-6-10-17(18)20(22)21-13-12-19(26(23,24)15-14-21)16-8-4-3-5-9-16/h3-11,19H,2,12-15H2,1H3. The number of carbonyl (C=O) groups is 1. The molecule has 1 unspecified atom stereocenters. The summed E-state index contributed by atoms with van der Waals surface area (Å²) < 4.78 is 25.5. The average Bonchev–Trinajstić information content (AvgIpc) is 2.81. The van der Waals surface area contributed by atoms with Crippen LogP contribution in [0.2, 0.25) is 0 Å². The molecule has 1 fully saturated rings. The van der Waals surface area contributed by atoms with E-state index < -0.39 is 15.1 Å². The lowest BCUT2D eigenvalue weighted by Gasteiger charge is -2.21. The Morgan fingerprint density at radius 3 is 2.50 bits per heavy atom. The Hall–Kier alpha value is -1.79. The minimum absolute atomic E-state index is 0.00138. The number of carbonyl (C=O) groups excluding carboxylic acids is 1. The summed E-state index contributed by atoms with van der Waals surface area (Å²) in [5, 5.41) is -0.540. The van der Waals surface area contributed by atoms with Crippen LogP contribution in [0.25, 0.3) is 0 Å². The zero-order chi connectivity index (χ0) is 18.6. The van der Waals surface area contributed by atoms with Gasteiger partial charge in [0, 0.05) is 18.0 Å². The zero-order valence-electron chi connectivity index (χ0n) is 14.8. The molecule has 26 heavy (non-hydrogen) atoms. The second-order valence-corrected chi connectivity index (χ2v) is 9.89. The average molecular weight is 390 g/mol. The van der Waals surface area contributed by atoms with Crippen molar-refractivity contribution in [1.82, 2.24) is 4.90 Å². The van der Waals surface area contributed by atoms with Crippen molar-refractivity contribution in [3.63, 3.8) is 0 Å². The van der Waals surface area contributed by atoms with Gasteiger partial charge in [-0.25, -0.2) is 8.42 Å². The maximum absolute atomic E-state index is 13.0. The molecule has 0 saturated carbocycles. The van der Waals surface area contributed by atoms with Gasteiger partial charge in [0.15, 0.2) is 9.84 Å². The van der Waals surface area contributed by atoms with Crippen molar-refractivity contribution in [1.29, 1.82) is 0 Å². The second-order valence-electron chi connectivity index (χ2n) is 6.28. The molecular weight excluding hydrogens is 366 g/mol. The Morgan fingerprint density at radius 2 is 1.77 bits per heavy atom. The third kappa shape index (κ3) is 4.13. The fourth-order valence-electron chi connectivity index (χ4n) is 3.28. The molecule has 1 amide bonds. The van der Waals surface area contributed by atoms with E-state index in [-0.39, 0.29) is 18.2 Å². The van der Waals surface area contributed by atoms with Crippen LogP contribution < -0.4 is 0 Å². The highest BCUT2D eigenvalue weighted by molar-refractivity contribution is 7.99. The van der Waals surface area contributed by atoms with Gasteiger partial charge in [0.2, 0.25) is 0 Å². The number of thioether (sulfide) groups is 1. The topological polar surface area (TPSA) is 54.5 Å². The molecule has 1 aliphatic heterocycles. The fourth-order valence-corrected chi connectivity index (χ4v) is 5.88. The summed E-state index contributed by atoms with van der Waals surface area (Å²) in [6.07, 6.45) is 0.432. The highest BCUT2D eigenvalue weighted by Crippen LogP contribution is 2.30. The van der Waals surface area contributed by atoms with Gasteiger partial charge in [-0.3, -0.25) is 4.79 Å². The summed E-state index contributed by atoms with van der Waals surface area (Å²) >= 11 is 1.63. The minimum atomic E-state index is -3.28. The van der Waals surface area contributed by atoms with Crippen LogP contribution in [0.5, 0.6) is 0 Å². The molecule has 2 aromatic carbocycles. The van der Waals surface area contributed by atoms with Crippen molar-refractivity contribution in [3.05, 3.63) is 65.7 Å². The van der Waals surface area contributed by atoms with Crippen molar-refractivity contribution in [2.75, 3.05) is 24.6 Å². The van der Waals surface area contributed by atoms with E-state index in [0.29, 0.717) is 18.5 Å². The molecule has 1 aliphatic rings. The van der Waals surface area contributed by atoms with Gasteiger partial charge in [-0.1, -0.05) is 49.4 Å². The van der Waals surface area contributed by atoms with Crippen molar-refractivity contribution in [2.45, 2.75) is 23.5 Å². The minimum Gasteiger partial charge on any atom is -0.338 e. The lowest BCUT2D eigenvalue weighted by Crippen LogP contribution is -2.33. The Kier molecular flexibility index (Phi) is 6.04. The summed E-state index contributed by atoms with van der Waals surface area (Å²) in [6, 6.07) is 16.9. The first kappa shape index (κ1) is 19.0. The Morgan fingerprint density at radius 1 is 1.08 bits per heavy atom. The van der Waals surface area contributed by atoms with E-state index in [2.05, 4.69) is 6.92 Å². The Balaban J connectivity index is 1.83. The molecule has 1 heterocycles. The van der Waals surface area contributed by atoms with Crippen LogP contribution in [0, 0.1) is 0 Å². The first-order valence-electron chi connectivity index (χ1n) is 8.80. The van der Waals surface area contributed by atoms with Gasteiger partial charge in [-0.05, 0) is 29.9 Å². The smallest absolute Gasteiger partial charge is 0.255 e. The second kappa shape index (κ2) is 8.27. The largest absolute Gasteiger partial charge is 0.338 e. The van der Waals surface area contributed by atoms with Crippen LogP contribution >= 0.6 is 11.8 Å². The molecule has 3 rings (SSSR count). The molecule has 0 radical (unpaired) electrons. The number of rotatable bonds is 4. The Bertz CT molecular complexity index is 866. The fraction of sp³-hybridized carbons (Fsp3) is 0.350. The van der Waals surface area contributed by atoms with Crippen LogP contribution in [-0.2, 0) is 9.84 Å². The SMILES string of the molecule is CCSc1ccccc1C(=O)N1CCC(c2ccccc2)S(=O)(=O)CC1. The number of nitrogens with zero attached hydrogens (tertiary/aromatic N) is 1. The van der Waals surface area contributed by atoms with Gasteiger partial charge < -0.3 is 4.90 Å². The Labute approximate surface area is 159 Å². The number of amides is 1. The summed E-state index contributed by atoms with van der Waals surface area (Å²) in [7, 11) is -3.28. The molecular formula is C20H23NO3S2. The van der Waals surface area contributed by atoms with E-state index in [1.165, 1.54) is 0 Å². The summed E-state index contributed by atoms with van der Waals surface area (Å²) in [5.74, 6) is 0.807. The van der Waals surface area contributed by atoms with E-state index in [1.54, 1.807) is 16.7 Å². The summed E-state index contributed by atoms with van der Waals surface area (Å²) in [4.78, 5) is 15.7. The van der Waals surface area contributed by atoms with Crippen molar-refractivity contribution in [3.8, 4) is 0 Å². The number of benzene rings is 2. The molecule has 1 atom stereocenters. The molecule has 0 spiro atoms. The molecule has 4 nitrogen and oxygen atoms in total. The number of hydrogen-bond donors (Lipinski definition) is 0. The quantitative estimate of drug-likeness (QED) is 0.747. The van der Waals surface area contributed by atoms with Crippen molar-refractivity contribution >= 4 is 27.5 Å². The number of hydrogen-bond acceptors (Lipinski definition) is 4. The maximum atomic E-state index is 13.0. The first-order valence-corrected chi connectivity index (χ1v) is 11.5. The zero-order valence-corrected chi connectivity index (χ0v) is 16.4. The molecule has 138 valence electrons. The van der Waals surface area contributed by atoms with Gasteiger partial charge in [0.25, 0.3) is 5.91 Å². The van der Waals surface area contributed by atoms with Crippen LogP contribution in [0.1, 0.15) is 34.5 Å². The predicted molar refractivity (Wildman–Crippen MR) is 106 cm³/mol. The van der Waals surface area contributed by atoms with Gasteiger partial charge >= 0.3 is 0 Å². The molecule has 0 aromatic heterocycles. The summed E-state index contributed by atoms with van der Waals surface area (Å²) in [6.45, 7) is 2.74. The predicted octanol–water partition coefficient (Wildman–Crippen LogP) is 3.80. The highest BCUT2D eigenvalue weighted by atomic mass is 32.2. The first-order chi connectivity index (χ1) is 12.5. The van der Waals surface area contributed by atoms with E-state index in [1.807, 2.05) is 54.6 Å². The third-order valence-corrected chi connectivity index (χ3v) is 7.70. The van der Waals surface area contributed by atoms with Crippen LogP contribution in [0.3, 0.4) is 0 Å². The van der Waals surface area contributed by atoms with Crippen LogP contribution in [-0.4, -0.2) is 43.8 Å². The van der Waals surface area contributed by atoms with E-state index >= 15 is 0 Å². The number of sulfone groups is 1. The lowest BCUT2D eigenvalue weighted by atomic mass is 10.1. The van der Waals surface area contributed by atoms with E-state index in [4.69, 9.17) is 0 Å². The van der Waals surface area contributed by atoms with Gasteiger partial charge in [-0.15, -0.1) is 11.8 Å². The lowest BCUT2D eigenvalue weighted by molar-refractivity contribution is 0.0763. The van der Waals surface area contributed by atoms with Crippen molar-refractivity contribution in [2.24, 2.45) is 0 Å². The molecule has 6 heteroatoms. The van der Waals surface area contributed by atoms with Crippen LogP contribution in [0.4, 0.5) is 0 Å². The third-order valence-electron chi connectivity index (χ3n) is 4.62. The molecule has 2 aromatic rings. The normalized spacial score (nSPS) is 19.7. The molecule has 1 saturated heterocycles. The van der Waals surface area contributed by atoms with Gasteiger partial charge in [-0.2, -0.15) is 0 Å². The maximum Gasteiger partial charge on any atom is 0.255 e. The summed E-state index contributed by atoms with van der Waals surface area (Å²) in [5.41, 5.74) is 1.47. The molecule has 0 aliphatic carbocycles. The molecule has 0 bridgehead atoms. The molecule has 0 N–H and O–H groups in total.